The normalized spacial score (nSPS) is 15.5. The molecule has 3 rings (SSSR count). The zero-order chi connectivity index (χ0) is 30.2. The molecule has 1 fully saturated rings. The van der Waals surface area contributed by atoms with E-state index in [-0.39, 0.29) is 30.0 Å². The standard InChI is InChI=1S/C33H47N3O5/c1-7-19-36(29(27-18-13-22(2)20-23(27)3)30(38)34-25-11-9-8-10-12-25)31(39)28(35-32(40)41-33(4,5)6)21-24-14-16-26(37)17-15-24/h13-18,20,25,28-29,37H,7-12,19,21H2,1-6H3,(H,34,38)(H,35,40). The number of nitrogens with one attached hydrogen (secondary N) is 2. The number of phenols is 1. The van der Waals surface area contributed by atoms with Gasteiger partial charge in [-0.1, -0.05) is 62.1 Å². The molecule has 0 bridgehead atoms. The van der Waals surface area contributed by atoms with Crippen LogP contribution in [0.15, 0.2) is 42.5 Å². The summed E-state index contributed by atoms with van der Waals surface area (Å²) in [5.74, 6) is -0.459. The molecule has 2 aromatic carbocycles. The molecule has 2 unspecified atom stereocenters. The van der Waals surface area contributed by atoms with Crippen molar-refractivity contribution in [2.24, 2.45) is 0 Å². The molecule has 1 aliphatic carbocycles. The molecule has 0 heterocycles. The van der Waals surface area contributed by atoms with Crippen LogP contribution in [0.2, 0.25) is 0 Å². The van der Waals surface area contributed by atoms with Gasteiger partial charge in [0.2, 0.25) is 11.8 Å². The van der Waals surface area contributed by atoms with Crippen molar-refractivity contribution in [3.05, 3.63) is 64.7 Å². The van der Waals surface area contributed by atoms with E-state index < -0.39 is 23.8 Å². The number of benzene rings is 2. The van der Waals surface area contributed by atoms with E-state index in [0.717, 1.165) is 47.9 Å². The van der Waals surface area contributed by atoms with Crippen LogP contribution in [0.1, 0.15) is 94.5 Å². The van der Waals surface area contributed by atoms with Crippen molar-refractivity contribution < 1.29 is 24.2 Å². The van der Waals surface area contributed by atoms with Gasteiger partial charge in [0.05, 0.1) is 0 Å². The summed E-state index contributed by atoms with van der Waals surface area (Å²) in [6.07, 6.45) is 5.26. The van der Waals surface area contributed by atoms with Gasteiger partial charge >= 0.3 is 6.09 Å². The number of ether oxygens (including phenoxy) is 1. The van der Waals surface area contributed by atoms with Gasteiger partial charge in [0.1, 0.15) is 23.4 Å². The molecule has 0 spiro atoms. The molecule has 0 aliphatic heterocycles. The molecule has 8 nitrogen and oxygen atoms in total. The summed E-state index contributed by atoms with van der Waals surface area (Å²) in [5.41, 5.74) is 2.77. The average Bonchev–Trinajstić information content (AvgIpc) is 2.89. The smallest absolute Gasteiger partial charge is 0.408 e. The molecule has 3 N–H and O–H groups in total. The van der Waals surface area contributed by atoms with E-state index in [2.05, 4.69) is 10.6 Å². The molecule has 2 atom stereocenters. The number of carbonyl (C=O) groups excluding carboxylic acids is 3. The van der Waals surface area contributed by atoms with E-state index in [9.17, 15) is 19.5 Å². The average molecular weight is 566 g/mol. The number of aromatic hydroxyl groups is 1. The highest BCUT2D eigenvalue weighted by atomic mass is 16.6. The third-order valence-corrected chi connectivity index (χ3v) is 7.34. The minimum atomic E-state index is -0.989. The van der Waals surface area contributed by atoms with Crippen LogP contribution in [-0.4, -0.2) is 52.1 Å². The van der Waals surface area contributed by atoms with Gasteiger partial charge in [-0.3, -0.25) is 9.59 Å². The van der Waals surface area contributed by atoms with Crippen molar-refractivity contribution in [3.8, 4) is 5.75 Å². The first-order valence-electron chi connectivity index (χ1n) is 14.8. The second-order valence-corrected chi connectivity index (χ2v) is 12.2. The van der Waals surface area contributed by atoms with Crippen LogP contribution in [0.3, 0.4) is 0 Å². The summed E-state index contributed by atoms with van der Waals surface area (Å²) in [7, 11) is 0. The first-order valence-corrected chi connectivity index (χ1v) is 14.8. The number of amides is 3. The Labute approximate surface area is 244 Å². The fraction of sp³-hybridized carbons (Fsp3) is 0.545. The van der Waals surface area contributed by atoms with Gasteiger partial charge in [0, 0.05) is 19.0 Å². The molecule has 0 radical (unpaired) electrons. The van der Waals surface area contributed by atoms with Gasteiger partial charge < -0.3 is 25.4 Å². The van der Waals surface area contributed by atoms with Crippen LogP contribution in [0.5, 0.6) is 5.75 Å². The number of hydrogen-bond acceptors (Lipinski definition) is 5. The van der Waals surface area contributed by atoms with Crippen molar-refractivity contribution in [1.82, 2.24) is 15.5 Å². The summed E-state index contributed by atoms with van der Waals surface area (Å²) in [5, 5.41) is 15.8. The summed E-state index contributed by atoms with van der Waals surface area (Å²) >= 11 is 0. The molecule has 3 amide bonds. The second-order valence-electron chi connectivity index (χ2n) is 12.2. The lowest BCUT2D eigenvalue weighted by molar-refractivity contribution is -0.143. The fourth-order valence-electron chi connectivity index (χ4n) is 5.44. The molecule has 0 saturated heterocycles. The maximum Gasteiger partial charge on any atom is 0.408 e. The minimum Gasteiger partial charge on any atom is -0.508 e. The Balaban J connectivity index is 2.02. The Bertz CT molecular complexity index is 1180. The van der Waals surface area contributed by atoms with Crippen molar-refractivity contribution in [1.29, 1.82) is 0 Å². The maximum absolute atomic E-state index is 14.4. The van der Waals surface area contributed by atoms with E-state index >= 15 is 0 Å². The molecule has 0 aromatic heterocycles. The fourth-order valence-corrected chi connectivity index (χ4v) is 5.44. The van der Waals surface area contributed by atoms with Crippen molar-refractivity contribution >= 4 is 17.9 Å². The number of hydrogen-bond donors (Lipinski definition) is 3. The lowest BCUT2D eigenvalue weighted by Gasteiger charge is -2.36. The highest BCUT2D eigenvalue weighted by molar-refractivity contribution is 5.92. The van der Waals surface area contributed by atoms with E-state index in [0.29, 0.717) is 13.0 Å². The number of rotatable bonds is 10. The molecule has 1 aliphatic rings. The lowest BCUT2D eigenvalue weighted by atomic mass is 9.93. The van der Waals surface area contributed by atoms with Gasteiger partial charge in [0.25, 0.3) is 0 Å². The van der Waals surface area contributed by atoms with Crippen molar-refractivity contribution in [2.45, 2.75) is 110 Å². The summed E-state index contributed by atoms with van der Waals surface area (Å²) in [6.45, 7) is 11.5. The van der Waals surface area contributed by atoms with Crippen LogP contribution in [0, 0.1) is 13.8 Å². The topological polar surface area (TPSA) is 108 Å². The van der Waals surface area contributed by atoms with Crippen LogP contribution in [0.4, 0.5) is 4.79 Å². The Morgan fingerprint density at radius 2 is 1.68 bits per heavy atom. The van der Waals surface area contributed by atoms with Crippen LogP contribution in [0.25, 0.3) is 0 Å². The first kappa shape index (κ1) is 32.0. The zero-order valence-electron chi connectivity index (χ0n) is 25.5. The highest BCUT2D eigenvalue weighted by Crippen LogP contribution is 2.28. The zero-order valence-corrected chi connectivity index (χ0v) is 25.5. The molecular formula is C33H47N3O5. The van der Waals surface area contributed by atoms with Crippen LogP contribution >= 0.6 is 0 Å². The molecular weight excluding hydrogens is 518 g/mol. The molecule has 224 valence electrons. The van der Waals surface area contributed by atoms with E-state index in [4.69, 9.17) is 4.74 Å². The molecule has 2 aromatic rings. The number of nitrogens with zero attached hydrogens (tertiary/aromatic N) is 1. The van der Waals surface area contributed by atoms with E-state index in [1.54, 1.807) is 49.9 Å². The third-order valence-electron chi connectivity index (χ3n) is 7.34. The van der Waals surface area contributed by atoms with Gasteiger partial charge in [-0.05, 0) is 82.7 Å². The largest absolute Gasteiger partial charge is 0.508 e. The third kappa shape index (κ3) is 9.51. The Morgan fingerprint density at radius 3 is 2.27 bits per heavy atom. The van der Waals surface area contributed by atoms with Crippen molar-refractivity contribution in [3.63, 3.8) is 0 Å². The maximum atomic E-state index is 14.4. The Morgan fingerprint density at radius 1 is 1.02 bits per heavy atom. The van der Waals surface area contributed by atoms with E-state index in [1.165, 1.54) is 6.42 Å². The van der Waals surface area contributed by atoms with Crippen molar-refractivity contribution in [2.75, 3.05) is 6.54 Å². The monoisotopic (exact) mass is 565 g/mol. The van der Waals surface area contributed by atoms with Gasteiger partial charge in [-0.15, -0.1) is 0 Å². The lowest BCUT2D eigenvalue weighted by Crippen LogP contribution is -2.54. The van der Waals surface area contributed by atoms with Crippen LogP contribution in [-0.2, 0) is 20.7 Å². The highest BCUT2D eigenvalue weighted by Gasteiger charge is 2.37. The quantitative estimate of drug-likeness (QED) is 0.334. The van der Waals surface area contributed by atoms with Crippen LogP contribution < -0.4 is 10.6 Å². The molecule has 1 saturated carbocycles. The van der Waals surface area contributed by atoms with Gasteiger partial charge in [-0.2, -0.15) is 0 Å². The summed E-state index contributed by atoms with van der Waals surface area (Å²) in [4.78, 5) is 43.0. The SMILES string of the molecule is CCCN(C(=O)C(Cc1ccc(O)cc1)NC(=O)OC(C)(C)C)C(C(=O)NC1CCCCC1)c1ccc(C)cc1C. The van der Waals surface area contributed by atoms with E-state index in [1.807, 2.05) is 39.0 Å². The second kappa shape index (κ2) is 14.4. The summed E-state index contributed by atoms with van der Waals surface area (Å²) < 4.78 is 5.50. The molecule has 8 heteroatoms. The number of phenolic OH excluding ortho intramolecular Hbond substituents is 1. The predicted octanol–water partition coefficient (Wildman–Crippen LogP) is 5.87. The minimum absolute atomic E-state index is 0.0794. The summed E-state index contributed by atoms with van der Waals surface area (Å²) in [6, 6.07) is 10.7. The Kier molecular flexibility index (Phi) is 11.2. The first-order chi connectivity index (χ1) is 19.4. The Hall–Kier alpha value is -3.55. The number of alkyl carbamates (subject to hydrolysis) is 1. The molecule has 41 heavy (non-hydrogen) atoms. The number of aryl methyl sites for hydroxylation is 2. The van der Waals surface area contributed by atoms with Gasteiger partial charge in [0.15, 0.2) is 0 Å². The number of carbonyl (C=O) groups is 3. The van der Waals surface area contributed by atoms with Gasteiger partial charge in [-0.25, -0.2) is 4.79 Å². The predicted molar refractivity (Wildman–Crippen MR) is 161 cm³/mol.